The molecular formula is C6H9N5O2. The number of anilines is 2. The number of rotatable bonds is 3. The first-order valence-corrected chi connectivity index (χ1v) is 3.35. The van der Waals surface area contributed by atoms with Crippen molar-refractivity contribution < 1.29 is 9.90 Å². The highest BCUT2D eigenvalue weighted by atomic mass is 16.4. The standard InChI is InChI=1S/C6H9N5O2/c7-10-4-2-9-5(11-8)1-3(4)6(12)13/h1-2,10H,7-8H2,(H,9,11)(H,12,13). The summed E-state index contributed by atoms with van der Waals surface area (Å²) < 4.78 is 0. The van der Waals surface area contributed by atoms with Crippen LogP contribution in [0.3, 0.4) is 0 Å². The van der Waals surface area contributed by atoms with Crippen LogP contribution in [-0.2, 0) is 0 Å². The molecule has 0 saturated heterocycles. The van der Waals surface area contributed by atoms with Gasteiger partial charge in [0.1, 0.15) is 5.82 Å². The van der Waals surface area contributed by atoms with Gasteiger partial charge in [0.2, 0.25) is 0 Å². The topological polar surface area (TPSA) is 126 Å². The van der Waals surface area contributed by atoms with E-state index >= 15 is 0 Å². The fraction of sp³-hybridized carbons (Fsp3) is 0. The molecule has 0 spiro atoms. The van der Waals surface area contributed by atoms with E-state index in [-0.39, 0.29) is 17.1 Å². The lowest BCUT2D eigenvalue weighted by atomic mass is 10.2. The van der Waals surface area contributed by atoms with Gasteiger partial charge >= 0.3 is 5.97 Å². The molecular weight excluding hydrogens is 174 g/mol. The number of aromatic nitrogens is 1. The van der Waals surface area contributed by atoms with E-state index in [4.69, 9.17) is 16.8 Å². The molecule has 7 heteroatoms. The molecule has 0 aromatic carbocycles. The summed E-state index contributed by atoms with van der Waals surface area (Å²) in [6.45, 7) is 0. The Bertz CT molecular complexity index is 327. The molecule has 1 rings (SSSR count). The number of carboxylic acid groups (broad SMARTS) is 1. The Balaban J connectivity index is 3.18. The van der Waals surface area contributed by atoms with Gasteiger partial charge in [-0.15, -0.1) is 0 Å². The number of nitrogens with zero attached hydrogens (tertiary/aromatic N) is 1. The average molecular weight is 183 g/mol. The van der Waals surface area contributed by atoms with Gasteiger partial charge in [-0.1, -0.05) is 0 Å². The molecule has 7 nitrogen and oxygen atoms in total. The van der Waals surface area contributed by atoms with Gasteiger partial charge in [0.25, 0.3) is 0 Å². The van der Waals surface area contributed by atoms with Crippen LogP contribution in [0.5, 0.6) is 0 Å². The third-order valence-electron chi connectivity index (χ3n) is 1.44. The zero-order valence-corrected chi connectivity index (χ0v) is 6.61. The summed E-state index contributed by atoms with van der Waals surface area (Å²) >= 11 is 0. The minimum absolute atomic E-state index is 0.00505. The number of aromatic carboxylic acids is 1. The fourth-order valence-electron chi connectivity index (χ4n) is 0.826. The SMILES string of the molecule is NNc1cc(C(=O)O)c(NN)cn1. The first-order chi connectivity index (χ1) is 6.19. The molecule has 0 radical (unpaired) electrons. The maximum atomic E-state index is 10.7. The van der Waals surface area contributed by atoms with Crippen LogP contribution < -0.4 is 22.5 Å². The summed E-state index contributed by atoms with van der Waals surface area (Å²) in [4.78, 5) is 14.4. The van der Waals surface area contributed by atoms with Crippen LogP contribution in [0.25, 0.3) is 0 Å². The van der Waals surface area contributed by atoms with Crippen molar-refractivity contribution in [3.05, 3.63) is 17.8 Å². The second-order valence-corrected chi connectivity index (χ2v) is 2.21. The highest BCUT2D eigenvalue weighted by Gasteiger charge is 2.10. The van der Waals surface area contributed by atoms with Crippen molar-refractivity contribution in [2.24, 2.45) is 11.7 Å². The number of nitrogen functional groups attached to an aromatic ring is 2. The van der Waals surface area contributed by atoms with Gasteiger partial charge in [-0.05, 0) is 6.07 Å². The van der Waals surface area contributed by atoms with Gasteiger partial charge in [-0.25, -0.2) is 15.6 Å². The molecule has 1 aromatic heterocycles. The molecule has 0 aliphatic rings. The van der Waals surface area contributed by atoms with Crippen LogP contribution in [-0.4, -0.2) is 16.1 Å². The zero-order valence-electron chi connectivity index (χ0n) is 6.61. The summed E-state index contributed by atoms with van der Waals surface area (Å²) in [6, 6.07) is 1.28. The number of nitrogens with one attached hydrogen (secondary N) is 2. The summed E-state index contributed by atoms with van der Waals surface area (Å²) in [5.41, 5.74) is 4.68. The predicted molar refractivity (Wildman–Crippen MR) is 46.8 cm³/mol. The average Bonchev–Trinajstić information content (AvgIpc) is 2.16. The Morgan fingerprint density at radius 1 is 1.46 bits per heavy atom. The summed E-state index contributed by atoms with van der Waals surface area (Å²) in [5.74, 6) is 9.28. The van der Waals surface area contributed by atoms with E-state index in [2.05, 4.69) is 15.8 Å². The first kappa shape index (κ1) is 9.23. The van der Waals surface area contributed by atoms with Crippen molar-refractivity contribution in [3.63, 3.8) is 0 Å². The highest BCUT2D eigenvalue weighted by Crippen LogP contribution is 2.15. The summed E-state index contributed by atoms with van der Waals surface area (Å²) in [7, 11) is 0. The van der Waals surface area contributed by atoms with Gasteiger partial charge in [-0.3, -0.25) is 5.84 Å². The van der Waals surface area contributed by atoms with Gasteiger partial charge in [0, 0.05) is 0 Å². The Morgan fingerprint density at radius 2 is 2.15 bits per heavy atom. The lowest BCUT2D eigenvalue weighted by Gasteiger charge is -2.05. The Labute approximate surface area is 73.7 Å². The molecule has 0 saturated carbocycles. The maximum absolute atomic E-state index is 10.7. The smallest absolute Gasteiger partial charge is 0.338 e. The van der Waals surface area contributed by atoms with Crippen LogP contribution in [0, 0.1) is 0 Å². The third kappa shape index (κ3) is 1.83. The molecule has 7 N–H and O–H groups in total. The molecule has 0 amide bonds. The van der Waals surface area contributed by atoms with Crippen molar-refractivity contribution in [2.45, 2.75) is 0 Å². The summed E-state index contributed by atoms with van der Waals surface area (Å²) in [6.07, 6.45) is 1.28. The fourth-order valence-corrected chi connectivity index (χ4v) is 0.826. The predicted octanol–water partition coefficient (Wildman–Crippen LogP) is -0.649. The number of nitrogens with two attached hydrogens (primary N) is 2. The van der Waals surface area contributed by atoms with Crippen LogP contribution in [0.2, 0.25) is 0 Å². The number of hydrogen-bond donors (Lipinski definition) is 5. The molecule has 1 aromatic rings. The van der Waals surface area contributed by atoms with Gasteiger partial charge in [0.05, 0.1) is 17.4 Å². The molecule has 1 heterocycles. The second-order valence-electron chi connectivity index (χ2n) is 2.21. The highest BCUT2D eigenvalue weighted by molar-refractivity contribution is 5.94. The van der Waals surface area contributed by atoms with E-state index in [0.29, 0.717) is 0 Å². The Kier molecular flexibility index (Phi) is 2.62. The van der Waals surface area contributed by atoms with E-state index in [9.17, 15) is 4.79 Å². The Hall–Kier alpha value is -1.86. The minimum atomic E-state index is -1.10. The minimum Gasteiger partial charge on any atom is -0.478 e. The molecule has 13 heavy (non-hydrogen) atoms. The van der Waals surface area contributed by atoms with Crippen LogP contribution in [0.4, 0.5) is 11.5 Å². The van der Waals surface area contributed by atoms with Crippen molar-refractivity contribution in [1.29, 1.82) is 0 Å². The molecule has 70 valence electrons. The molecule has 0 atom stereocenters. The largest absolute Gasteiger partial charge is 0.478 e. The lowest BCUT2D eigenvalue weighted by Crippen LogP contribution is -2.15. The molecule has 0 unspecified atom stereocenters. The van der Waals surface area contributed by atoms with Gasteiger partial charge in [-0.2, -0.15) is 0 Å². The van der Waals surface area contributed by atoms with E-state index in [1.54, 1.807) is 0 Å². The number of carbonyl (C=O) groups is 1. The Morgan fingerprint density at radius 3 is 2.62 bits per heavy atom. The molecule has 0 bridgehead atoms. The maximum Gasteiger partial charge on any atom is 0.338 e. The van der Waals surface area contributed by atoms with Crippen LogP contribution in [0.15, 0.2) is 12.3 Å². The zero-order chi connectivity index (χ0) is 9.84. The molecule has 0 fully saturated rings. The first-order valence-electron chi connectivity index (χ1n) is 3.35. The van der Waals surface area contributed by atoms with E-state index in [0.717, 1.165) is 0 Å². The molecule has 0 aliphatic heterocycles. The monoisotopic (exact) mass is 183 g/mol. The quantitative estimate of drug-likeness (QED) is 0.311. The number of hydrogen-bond acceptors (Lipinski definition) is 6. The van der Waals surface area contributed by atoms with Crippen molar-refractivity contribution in [1.82, 2.24) is 4.98 Å². The third-order valence-corrected chi connectivity index (χ3v) is 1.44. The number of carboxylic acids is 1. The van der Waals surface area contributed by atoms with E-state index in [1.165, 1.54) is 12.3 Å². The normalized spacial score (nSPS) is 9.38. The van der Waals surface area contributed by atoms with Crippen molar-refractivity contribution in [2.75, 3.05) is 10.9 Å². The number of pyridine rings is 1. The van der Waals surface area contributed by atoms with Crippen LogP contribution >= 0.6 is 0 Å². The van der Waals surface area contributed by atoms with Crippen LogP contribution in [0.1, 0.15) is 10.4 Å². The van der Waals surface area contributed by atoms with Gasteiger partial charge in [0.15, 0.2) is 0 Å². The second kappa shape index (κ2) is 3.70. The van der Waals surface area contributed by atoms with Crippen molar-refractivity contribution in [3.8, 4) is 0 Å². The van der Waals surface area contributed by atoms with Gasteiger partial charge < -0.3 is 16.0 Å². The number of hydrazine groups is 2. The van der Waals surface area contributed by atoms with E-state index < -0.39 is 5.97 Å². The summed E-state index contributed by atoms with van der Waals surface area (Å²) in [5, 5.41) is 8.72. The van der Waals surface area contributed by atoms with E-state index in [1.807, 2.05) is 0 Å². The lowest BCUT2D eigenvalue weighted by molar-refractivity contribution is 0.0698. The van der Waals surface area contributed by atoms with Crippen molar-refractivity contribution >= 4 is 17.5 Å². The molecule has 0 aliphatic carbocycles.